The summed E-state index contributed by atoms with van der Waals surface area (Å²) in [5.41, 5.74) is 7.49. The van der Waals surface area contributed by atoms with Crippen LogP contribution in [0.2, 0.25) is 0 Å². The molecule has 6 rings (SSSR count). The molecule has 6 aromatic rings. The number of fused-ring (bicyclic) bond motifs is 2. The van der Waals surface area contributed by atoms with Gasteiger partial charge in [-0.05, 0) is 76.6 Å². The standard InChI is InChI=1S/C34H29F3N2S/c1-20(2)25-16-23(22-10-6-5-7-11-22)17-26(21(3)4)32(25)39-30-13-9-8-12-29(30)38-33(39)28-19-40-31-15-14-24(18-27(28)31)34(35,36)37/h5-21H,1-4H3. The molecule has 0 aliphatic heterocycles. The number of rotatable bonds is 5. The average molecular weight is 555 g/mol. The van der Waals surface area contributed by atoms with E-state index in [2.05, 4.69) is 56.5 Å². The summed E-state index contributed by atoms with van der Waals surface area (Å²) >= 11 is 1.44. The monoisotopic (exact) mass is 554 g/mol. The van der Waals surface area contributed by atoms with Crippen molar-refractivity contribution in [3.63, 3.8) is 0 Å². The molecule has 2 aromatic heterocycles. The van der Waals surface area contributed by atoms with Gasteiger partial charge in [-0.2, -0.15) is 13.2 Å². The fourth-order valence-corrected chi connectivity index (χ4v) is 6.35. The Morgan fingerprint density at radius 2 is 1.40 bits per heavy atom. The van der Waals surface area contributed by atoms with Gasteiger partial charge in [0.2, 0.25) is 0 Å². The molecule has 0 N–H and O–H groups in total. The summed E-state index contributed by atoms with van der Waals surface area (Å²) in [5.74, 6) is 1.05. The van der Waals surface area contributed by atoms with Crippen LogP contribution >= 0.6 is 11.3 Å². The molecule has 0 unspecified atom stereocenters. The lowest BCUT2D eigenvalue weighted by Crippen LogP contribution is -2.09. The quantitative estimate of drug-likeness (QED) is 0.207. The number of nitrogens with zero attached hydrogens (tertiary/aromatic N) is 2. The number of imidazole rings is 1. The van der Waals surface area contributed by atoms with Gasteiger partial charge < -0.3 is 0 Å². The van der Waals surface area contributed by atoms with Crippen LogP contribution in [0.5, 0.6) is 0 Å². The second-order valence-electron chi connectivity index (χ2n) is 10.8. The maximum Gasteiger partial charge on any atom is 0.416 e. The fourth-order valence-electron chi connectivity index (χ4n) is 5.43. The van der Waals surface area contributed by atoms with Gasteiger partial charge in [0.1, 0.15) is 5.82 Å². The van der Waals surface area contributed by atoms with Crippen molar-refractivity contribution in [2.24, 2.45) is 0 Å². The summed E-state index contributed by atoms with van der Waals surface area (Å²) in [4.78, 5) is 5.04. The normalized spacial score (nSPS) is 12.3. The van der Waals surface area contributed by atoms with E-state index in [1.165, 1.54) is 28.5 Å². The van der Waals surface area contributed by atoms with Crippen molar-refractivity contribution in [3.05, 3.63) is 107 Å². The molecule has 2 nitrogen and oxygen atoms in total. The summed E-state index contributed by atoms with van der Waals surface area (Å²) in [5, 5.41) is 2.50. The van der Waals surface area contributed by atoms with Crippen LogP contribution < -0.4 is 0 Å². The number of halogens is 3. The van der Waals surface area contributed by atoms with E-state index in [-0.39, 0.29) is 11.8 Å². The highest BCUT2D eigenvalue weighted by Crippen LogP contribution is 2.43. The van der Waals surface area contributed by atoms with E-state index < -0.39 is 11.7 Å². The SMILES string of the molecule is CC(C)c1cc(-c2ccccc2)cc(C(C)C)c1-n1c(-c2csc3ccc(C(F)(F)F)cc23)nc2ccccc21. The maximum absolute atomic E-state index is 13.7. The molecular formula is C34H29F3N2S. The van der Waals surface area contributed by atoms with Crippen LogP contribution in [0.1, 0.15) is 56.2 Å². The van der Waals surface area contributed by atoms with Crippen molar-refractivity contribution in [2.45, 2.75) is 45.7 Å². The first-order valence-corrected chi connectivity index (χ1v) is 14.3. The zero-order valence-corrected chi connectivity index (χ0v) is 23.6. The largest absolute Gasteiger partial charge is 0.416 e. The third-order valence-corrected chi connectivity index (χ3v) is 8.41. The lowest BCUT2D eigenvalue weighted by atomic mass is 9.88. The number of thiophene rings is 1. The van der Waals surface area contributed by atoms with Crippen molar-refractivity contribution < 1.29 is 13.2 Å². The number of alkyl halides is 3. The van der Waals surface area contributed by atoms with Crippen molar-refractivity contribution in [1.29, 1.82) is 0 Å². The van der Waals surface area contributed by atoms with E-state index >= 15 is 0 Å². The molecular weight excluding hydrogens is 525 g/mol. The zero-order valence-electron chi connectivity index (χ0n) is 22.8. The van der Waals surface area contributed by atoms with Crippen LogP contribution in [0, 0.1) is 0 Å². The molecule has 4 aromatic carbocycles. The van der Waals surface area contributed by atoms with Crippen molar-refractivity contribution >= 4 is 32.5 Å². The molecule has 6 heteroatoms. The number of aromatic nitrogens is 2. The first-order chi connectivity index (χ1) is 19.1. The zero-order chi connectivity index (χ0) is 28.2. The van der Waals surface area contributed by atoms with E-state index in [9.17, 15) is 13.2 Å². The van der Waals surface area contributed by atoms with Gasteiger partial charge in [0.05, 0.1) is 22.3 Å². The third kappa shape index (κ3) is 4.50. The van der Waals surface area contributed by atoms with E-state index in [0.29, 0.717) is 16.8 Å². The summed E-state index contributed by atoms with van der Waals surface area (Å²) in [6.07, 6.45) is -4.42. The summed E-state index contributed by atoms with van der Waals surface area (Å²) in [6, 6.07) is 26.8. The molecule has 40 heavy (non-hydrogen) atoms. The Morgan fingerprint density at radius 1 is 0.750 bits per heavy atom. The maximum atomic E-state index is 13.7. The lowest BCUT2D eigenvalue weighted by molar-refractivity contribution is -0.137. The van der Waals surface area contributed by atoms with Crippen molar-refractivity contribution in [2.75, 3.05) is 0 Å². The molecule has 0 atom stereocenters. The summed E-state index contributed by atoms with van der Waals surface area (Å²) in [7, 11) is 0. The van der Waals surface area contributed by atoms with Crippen LogP contribution in [0.3, 0.4) is 0 Å². The number of para-hydroxylation sites is 2. The van der Waals surface area contributed by atoms with Gasteiger partial charge in [0.25, 0.3) is 0 Å². The molecule has 202 valence electrons. The van der Waals surface area contributed by atoms with Crippen LogP contribution in [0.25, 0.3) is 49.3 Å². The Balaban J connectivity index is 1.70. The van der Waals surface area contributed by atoms with Crippen LogP contribution in [-0.4, -0.2) is 9.55 Å². The fraction of sp³-hybridized carbons (Fsp3) is 0.206. The second kappa shape index (κ2) is 9.93. The predicted octanol–water partition coefficient (Wildman–Crippen LogP) is 10.8. The predicted molar refractivity (Wildman–Crippen MR) is 161 cm³/mol. The Hall–Kier alpha value is -3.90. The highest BCUT2D eigenvalue weighted by Gasteiger charge is 2.31. The highest BCUT2D eigenvalue weighted by atomic mass is 32.1. The Bertz CT molecular complexity index is 1810. The van der Waals surface area contributed by atoms with Gasteiger partial charge in [-0.25, -0.2) is 4.98 Å². The Kier molecular flexibility index (Phi) is 6.54. The summed E-state index contributed by atoms with van der Waals surface area (Å²) < 4.78 is 44.1. The van der Waals surface area contributed by atoms with Gasteiger partial charge >= 0.3 is 6.18 Å². The van der Waals surface area contributed by atoms with Crippen molar-refractivity contribution in [3.8, 4) is 28.2 Å². The third-order valence-electron chi connectivity index (χ3n) is 7.45. The average Bonchev–Trinajstić information content (AvgIpc) is 3.53. The lowest BCUT2D eigenvalue weighted by Gasteiger charge is -2.24. The van der Waals surface area contributed by atoms with Gasteiger partial charge in [-0.3, -0.25) is 4.57 Å². The highest BCUT2D eigenvalue weighted by molar-refractivity contribution is 7.17. The van der Waals surface area contributed by atoms with E-state index in [1.807, 2.05) is 47.8 Å². The molecule has 0 aliphatic carbocycles. The van der Waals surface area contributed by atoms with Gasteiger partial charge in [-0.1, -0.05) is 70.2 Å². The smallest absolute Gasteiger partial charge is 0.292 e. The number of hydrogen-bond donors (Lipinski definition) is 0. The molecule has 0 spiro atoms. The van der Waals surface area contributed by atoms with Gasteiger partial charge in [0.15, 0.2) is 0 Å². The van der Waals surface area contributed by atoms with Crippen LogP contribution in [0.4, 0.5) is 13.2 Å². The molecule has 0 radical (unpaired) electrons. The Morgan fingerprint density at radius 3 is 2.05 bits per heavy atom. The minimum atomic E-state index is -4.42. The number of benzene rings is 4. The molecule has 0 bridgehead atoms. The van der Waals surface area contributed by atoms with Gasteiger partial charge in [-0.15, -0.1) is 11.3 Å². The van der Waals surface area contributed by atoms with E-state index in [4.69, 9.17) is 4.98 Å². The first kappa shape index (κ1) is 26.3. The second-order valence-corrected chi connectivity index (χ2v) is 11.7. The molecule has 0 saturated carbocycles. The van der Waals surface area contributed by atoms with E-state index in [1.54, 1.807) is 6.07 Å². The molecule has 0 fully saturated rings. The Labute approximate surface area is 235 Å². The molecule has 0 aliphatic rings. The van der Waals surface area contributed by atoms with Crippen LogP contribution in [0.15, 0.2) is 90.3 Å². The van der Waals surface area contributed by atoms with Crippen LogP contribution in [-0.2, 0) is 6.18 Å². The first-order valence-electron chi connectivity index (χ1n) is 13.4. The number of hydrogen-bond acceptors (Lipinski definition) is 2. The molecule has 2 heterocycles. The summed E-state index contributed by atoms with van der Waals surface area (Å²) in [6.45, 7) is 8.75. The minimum absolute atomic E-state index is 0.196. The molecule has 0 amide bonds. The topological polar surface area (TPSA) is 17.8 Å². The van der Waals surface area contributed by atoms with Gasteiger partial charge in [0, 0.05) is 21.0 Å². The minimum Gasteiger partial charge on any atom is -0.292 e. The molecule has 0 saturated heterocycles. The van der Waals surface area contributed by atoms with E-state index in [0.717, 1.165) is 38.6 Å². The van der Waals surface area contributed by atoms with Crippen molar-refractivity contribution in [1.82, 2.24) is 9.55 Å².